The lowest BCUT2D eigenvalue weighted by Gasteiger charge is -2.17. The molecule has 2 N–H and O–H groups in total. The highest BCUT2D eigenvalue weighted by Gasteiger charge is 2.21. The van der Waals surface area contributed by atoms with Gasteiger partial charge < -0.3 is 15.1 Å². The average molecular weight is 420 g/mol. The molecule has 1 aromatic carbocycles. The number of rotatable bonds is 7. The lowest BCUT2D eigenvalue weighted by molar-refractivity contribution is -0.116. The first-order valence-electron chi connectivity index (χ1n) is 10.4. The van der Waals surface area contributed by atoms with Crippen molar-refractivity contribution in [2.24, 2.45) is 0 Å². The van der Waals surface area contributed by atoms with Gasteiger partial charge in [0.1, 0.15) is 16.8 Å². The zero-order valence-electron chi connectivity index (χ0n) is 16.8. The molecule has 1 atom stereocenters. The van der Waals surface area contributed by atoms with E-state index in [0.717, 1.165) is 42.6 Å². The topological polar surface area (TPSA) is 78.1 Å². The third-order valence-electron chi connectivity index (χ3n) is 5.45. The van der Waals surface area contributed by atoms with Crippen molar-refractivity contribution in [3.8, 4) is 6.07 Å². The highest BCUT2D eigenvalue weighted by Crippen LogP contribution is 2.37. The van der Waals surface area contributed by atoms with Crippen LogP contribution in [0.2, 0.25) is 0 Å². The lowest BCUT2D eigenvalue weighted by atomic mass is 10.0. The van der Waals surface area contributed by atoms with E-state index in [1.807, 2.05) is 42.5 Å². The molecule has 6 heteroatoms. The number of thiophene rings is 1. The van der Waals surface area contributed by atoms with Gasteiger partial charge in [0.2, 0.25) is 5.91 Å². The number of anilines is 1. The minimum Gasteiger partial charge on any atom is -0.467 e. The highest BCUT2D eigenvalue weighted by atomic mass is 32.1. The molecule has 1 amide bonds. The minimum absolute atomic E-state index is 0.0818. The highest BCUT2D eigenvalue weighted by molar-refractivity contribution is 7.16. The molecule has 0 spiro atoms. The van der Waals surface area contributed by atoms with Gasteiger partial charge in [0.05, 0.1) is 17.9 Å². The SMILES string of the molecule is N#Cc1c(NC(=O)CCN[C@@H](c2ccccc2)c2ccco2)sc2c1CCCCC2. The van der Waals surface area contributed by atoms with Gasteiger partial charge in [-0.05, 0) is 48.9 Å². The number of fused-ring (bicyclic) bond motifs is 1. The summed E-state index contributed by atoms with van der Waals surface area (Å²) in [5, 5.41) is 16.7. The summed E-state index contributed by atoms with van der Waals surface area (Å²) in [7, 11) is 0. The minimum atomic E-state index is -0.110. The van der Waals surface area contributed by atoms with Gasteiger partial charge in [-0.2, -0.15) is 5.26 Å². The number of carbonyl (C=O) groups is 1. The first-order chi connectivity index (χ1) is 14.8. The standard InChI is InChI=1S/C24H25N3O2S/c25-16-19-18-10-5-2-6-12-21(18)30-24(19)27-22(28)13-14-26-23(20-11-7-15-29-20)17-8-3-1-4-9-17/h1,3-4,7-9,11,15,23,26H,2,5-6,10,12-14H2,(H,27,28)/t23-/m0/s1. The molecule has 0 fully saturated rings. The number of hydrogen-bond donors (Lipinski definition) is 2. The molecule has 0 bridgehead atoms. The van der Waals surface area contributed by atoms with Crippen molar-refractivity contribution in [1.82, 2.24) is 5.32 Å². The molecule has 3 aromatic rings. The number of nitrogens with zero attached hydrogens (tertiary/aromatic N) is 1. The van der Waals surface area contributed by atoms with E-state index < -0.39 is 0 Å². The second-order valence-electron chi connectivity index (χ2n) is 7.49. The molecule has 2 aromatic heterocycles. The van der Waals surface area contributed by atoms with Crippen molar-refractivity contribution in [2.75, 3.05) is 11.9 Å². The predicted octanol–water partition coefficient (Wildman–Crippen LogP) is 5.19. The Morgan fingerprint density at radius 1 is 1.13 bits per heavy atom. The van der Waals surface area contributed by atoms with E-state index in [4.69, 9.17) is 4.42 Å². The first kappa shape index (κ1) is 20.4. The van der Waals surface area contributed by atoms with Crippen molar-refractivity contribution in [2.45, 2.75) is 44.6 Å². The Bertz CT molecular complexity index is 1020. The molecule has 30 heavy (non-hydrogen) atoms. The number of nitriles is 1. The largest absolute Gasteiger partial charge is 0.467 e. The molecule has 0 radical (unpaired) electrons. The van der Waals surface area contributed by atoms with Crippen LogP contribution in [-0.4, -0.2) is 12.5 Å². The molecule has 5 nitrogen and oxygen atoms in total. The first-order valence-corrected chi connectivity index (χ1v) is 11.2. The monoisotopic (exact) mass is 419 g/mol. The molecule has 0 aliphatic heterocycles. The molecule has 154 valence electrons. The van der Waals surface area contributed by atoms with E-state index in [9.17, 15) is 10.1 Å². The number of nitrogens with one attached hydrogen (secondary N) is 2. The van der Waals surface area contributed by atoms with E-state index in [1.165, 1.54) is 11.3 Å². The fourth-order valence-electron chi connectivity index (χ4n) is 3.95. The molecule has 1 aliphatic carbocycles. The molecule has 4 rings (SSSR count). The summed E-state index contributed by atoms with van der Waals surface area (Å²) >= 11 is 1.57. The number of furan rings is 1. The molecular formula is C24H25N3O2S. The van der Waals surface area contributed by atoms with Crippen LogP contribution in [0.3, 0.4) is 0 Å². The van der Waals surface area contributed by atoms with Crippen LogP contribution in [-0.2, 0) is 17.6 Å². The van der Waals surface area contributed by atoms with E-state index >= 15 is 0 Å². The summed E-state index contributed by atoms with van der Waals surface area (Å²) in [5.41, 5.74) is 2.90. The molecule has 2 heterocycles. The lowest BCUT2D eigenvalue weighted by Crippen LogP contribution is -2.26. The molecule has 0 saturated carbocycles. The van der Waals surface area contributed by atoms with E-state index in [0.29, 0.717) is 23.5 Å². The summed E-state index contributed by atoms with van der Waals surface area (Å²) in [6.45, 7) is 0.499. The number of aryl methyl sites for hydroxylation is 1. The maximum absolute atomic E-state index is 12.6. The Labute approximate surface area is 180 Å². The molecule has 1 aliphatic rings. The van der Waals surface area contributed by atoms with Gasteiger partial charge in [-0.1, -0.05) is 36.8 Å². The molecular weight excluding hydrogens is 394 g/mol. The van der Waals surface area contributed by atoms with Gasteiger partial charge in [-0.25, -0.2) is 0 Å². The average Bonchev–Trinajstić information content (AvgIpc) is 3.34. The quantitative estimate of drug-likeness (QED) is 0.517. The predicted molar refractivity (Wildman–Crippen MR) is 119 cm³/mol. The Morgan fingerprint density at radius 2 is 1.97 bits per heavy atom. The van der Waals surface area contributed by atoms with E-state index in [1.54, 1.807) is 17.6 Å². The Hall–Kier alpha value is -2.88. The number of benzene rings is 1. The van der Waals surface area contributed by atoms with Crippen molar-refractivity contribution in [1.29, 1.82) is 5.26 Å². The van der Waals surface area contributed by atoms with Crippen LogP contribution in [0.1, 0.15) is 59.1 Å². The van der Waals surface area contributed by atoms with Gasteiger partial charge in [-0.3, -0.25) is 4.79 Å². The summed E-state index contributed by atoms with van der Waals surface area (Å²) in [4.78, 5) is 13.9. The molecule has 0 saturated heterocycles. The fourth-order valence-corrected chi connectivity index (χ4v) is 5.21. The van der Waals surface area contributed by atoms with Crippen molar-refractivity contribution < 1.29 is 9.21 Å². The van der Waals surface area contributed by atoms with Crippen LogP contribution in [0.4, 0.5) is 5.00 Å². The number of amides is 1. The van der Waals surface area contributed by atoms with Crippen LogP contribution in [0.25, 0.3) is 0 Å². The second-order valence-corrected chi connectivity index (χ2v) is 8.60. The Balaban J connectivity index is 1.39. The summed E-state index contributed by atoms with van der Waals surface area (Å²) in [6.07, 6.45) is 7.40. The van der Waals surface area contributed by atoms with Crippen molar-refractivity contribution >= 4 is 22.2 Å². The third kappa shape index (κ3) is 4.64. The van der Waals surface area contributed by atoms with Gasteiger partial charge in [0.25, 0.3) is 0 Å². The smallest absolute Gasteiger partial charge is 0.226 e. The van der Waals surface area contributed by atoms with E-state index in [-0.39, 0.29) is 11.9 Å². The fraction of sp³-hybridized carbons (Fsp3) is 0.333. The van der Waals surface area contributed by atoms with Gasteiger partial charge in [0, 0.05) is 17.8 Å². The Kier molecular flexibility index (Phi) is 6.63. The van der Waals surface area contributed by atoms with Crippen molar-refractivity contribution in [3.63, 3.8) is 0 Å². The number of carbonyl (C=O) groups excluding carboxylic acids is 1. The second kappa shape index (κ2) is 9.75. The van der Waals surface area contributed by atoms with Crippen LogP contribution >= 0.6 is 11.3 Å². The van der Waals surface area contributed by atoms with Gasteiger partial charge in [-0.15, -0.1) is 11.3 Å². The summed E-state index contributed by atoms with van der Waals surface area (Å²) < 4.78 is 5.59. The normalized spacial score (nSPS) is 14.4. The number of hydrogen-bond acceptors (Lipinski definition) is 5. The summed E-state index contributed by atoms with van der Waals surface area (Å²) in [5.74, 6) is 0.733. The van der Waals surface area contributed by atoms with Gasteiger partial charge in [0.15, 0.2) is 0 Å². The summed E-state index contributed by atoms with van der Waals surface area (Å²) in [6, 6.07) is 16.0. The van der Waals surface area contributed by atoms with Crippen LogP contribution in [0, 0.1) is 11.3 Å². The van der Waals surface area contributed by atoms with Crippen LogP contribution < -0.4 is 10.6 Å². The van der Waals surface area contributed by atoms with Crippen LogP contribution in [0.5, 0.6) is 0 Å². The van der Waals surface area contributed by atoms with E-state index in [2.05, 4.69) is 16.7 Å². The maximum atomic E-state index is 12.6. The van der Waals surface area contributed by atoms with Crippen LogP contribution in [0.15, 0.2) is 53.1 Å². The maximum Gasteiger partial charge on any atom is 0.226 e. The Morgan fingerprint density at radius 3 is 2.73 bits per heavy atom. The van der Waals surface area contributed by atoms with Gasteiger partial charge >= 0.3 is 0 Å². The zero-order valence-corrected chi connectivity index (χ0v) is 17.6. The molecule has 0 unspecified atom stereocenters. The third-order valence-corrected chi connectivity index (χ3v) is 6.65. The van der Waals surface area contributed by atoms with Crippen molar-refractivity contribution in [3.05, 3.63) is 76.1 Å². The zero-order chi connectivity index (χ0) is 20.8.